The van der Waals surface area contributed by atoms with Crippen LogP contribution in [0.1, 0.15) is 63.5 Å². The molecule has 1 atom stereocenters. The Morgan fingerprint density at radius 2 is 1.84 bits per heavy atom. The van der Waals surface area contributed by atoms with Crippen molar-refractivity contribution >= 4 is 11.6 Å². The number of ether oxygens (including phenoxy) is 1. The molecule has 19 heavy (non-hydrogen) atoms. The largest absolute Gasteiger partial charge is 0.495 e. The van der Waals surface area contributed by atoms with Gasteiger partial charge in [0.1, 0.15) is 5.75 Å². The van der Waals surface area contributed by atoms with Gasteiger partial charge >= 0.3 is 0 Å². The lowest BCUT2D eigenvalue weighted by atomic mass is 10.0. The molecule has 0 aromatic heterocycles. The van der Waals surface area contributed by atoms with Crippen LogP contribution in [0.4, 0.5) is 0 Å². The molecule has 0 aliphatic carbocycles. The van der Waals surface area contributed by atoms with Crippen LogP contribution in [0.5, 0.6) is 5.75 Å². The summed E-state index contributed by atoms with van der Waals surface area (Å²) >= 11 is 5.97. The third-order valence-electron chi connectivity index (χ3n) is 3.39. The van der Waals surface area contributed by atoms with E-state index in [-0.39, 0.29) is 0 Å². The van der Waals surface area contributed by atoms with E-state index in [9.17, 15) is 5.11 Å². The van der Waals surface area contributed by atoms with E-state index in [2.05, 4.69) is 6.92 Å². The summed E-state index contributed by atoms with van der Waals surface area (Å²) in [5.41, 5.74) is 0.884. The normalized spacial score (nSPS) is 12.4. The maximum Gasteiger partial charge on any atom is 0.137 e. The summed E-state index contributed by atoms with van der Waals surface area (Å²) in [6, 6.07) is 5.47. The summed E-state index contributed by atoms with van der Waals surface area (Å²) in [5.74, 6) is 0.626. The monoisotopic (exact) mass is 284 g/mol. The van der Waals surface area contributed by atoms with Crippen LogP contribution in [0.2, 0.25) is 5.02 Å². The lowest BCUT2D eigenvalue weighted by Crippen LogP contribution is -1.98. The van der Waals surface area contributed by atoms with Crippen LogP contribution in [0.15, 0.2) is 18.2 Å². The fraction of sp³-hybridized carbons (Fsp3) is 0.625. The zero-order chi connectivity index (χ0) is 14.1. The molecule has 3 heteroatoms. The van der Waals surface area contributed by atoms with E-state index in [4.69, 9.17) is 16.3 Å². The Morgan fingerprint density at radius 1 is 1.16 bits per heavy atom. The zero-order valence-corrected chi connectivity index (χ0v) is 12.7. The molecule has 2 nitrogen and oxygen atoms in total. The van der Waals surface area contributed by atoms with Gasteiger partial charge in [-0.25, -0.2) is 0 Å². The molecule has 0 heterocycles. The van der Waals surface area contributed by atoms with Gasteiger partial charge in [-0.3, -0.25) is 0 Å². The molecule has 0 radical (unpaired) electrons. The molecule has 1 N–H and O–H groups in total. The molecule has 0 aliphatic heterocycles. The average molecular weight is 285 g/mol. The Labute approximate surface area is 121 Å². The molecule has 108 valence electrons. The Balaban J connectivity index is 2.34. The molecule has 0 spiro atoms. The molecule has 1 rings (SSSR count). The molecule has 1 unspecified atom stereocenters. The first-order valence-electron chi connectivity index (χ1n) is 7.20. The van der Waals surface area contributed by atoms with Gasteiger partial charge in [0.2, 0.25) is 0 Å². The quantitative estimate of drug-likeness (QED) is 0.637. The number of aliphatic hydroxyl groups is 1. The molecule has 0 bridgehead atoms. The van der Waals surface area contributed by atoms with E-state index in [1.807, 2.05) is 12.1 Å². The number of rotatable bonds is 9. The van der Waals surface area contributed by atoms with Crippen molar-refractivity contribution in [3.8, 4) is 5.75 Å². The van der Waals surface area contributed by atoms with E-state index in [1.165, 1.54) is 32.1 Å². The van der Waals surface area contributed by atoms with Crippen LogP contribution in [0.25, 0.3) is 0 Å². The fourth-order valence-corrected chi connectivity index (χ4v) is 2.36. The maximum absolute atomic E-state index is 10.1. The van der Waals surface area contributed by atoms with Gasteiger partial charge in [-0.1, -0.05) is 63.1 Å². The first kappa shape index (κ1) is 16.3. The minimum Gasteiger partial charge on any atom is -0.495 e. The predicted octanol–water partition coefficient (Wildman–Crippen LogP) is 5.13. The second-order valence-corrected chi connectivity index (χ2v) is 5.37. The number of hydrogen-bond donors (Lipinski definition) is 1. The molecular formula is C16H25ClO2. The van der Waals surface area contributed by atoms with Crippen LogP contribution in [-0.4, -0.2) is 12.2 Å². The van der Waals surface area contributed by atoms with Gasteiger partial charge in [0.05, 0.1) is 18.2 Å². The minimum atomic E-state index is -0.419. The third kappa shape index (κ3) is 5.84. The summed E-state index contributed by atoms with van der Waals surface area (Å²) < 4.78 is 5.16. The zero-order valence-electron chi connectivity index (χ0n) is 12.0. The molecule has 1 aromatic carbocycles. The highest BCUT2D eigenvalue weighted by molar-refractivity contribution is 6.32. The van der Waals surface area contributed by atoms with Crippen molar-refractivity contribution in [3.63, 3.8) is 0 Å². The van der Waals surface area contributed by atoms with Crippen molar-refractivity contribution in [1.82, 2.24) is 0 Å². The third-order valence-corrected chi connectivity index (χ3v) is 3.70. The number of benzene rings is 1. The Bertz CT molecular complexity index is 366. The lowest BCUT2D eigenvalue weighted by Gasteiger charge is -2.13. The van der Waals surface area contributed by atoms with Gasteiger partial charge in [-0.15, -0.1) is 0 Å². The van der Waals surface area contributed by atoms with Gasteiger partial charge in [0, 0.05) is 0 Å². The van der Waals surface area contributed by atoms with Gasteiger partial charge in [-0.2, -0.15) is 0 Å². The van der Waals surface area contributed by atoms with Gasteiger partial charge in [0.25, 0.3) is 0 Å². The second kappa shape index (κ2) is 9.22. The second-order valence-electron chi connectivity index (χ2n) is 4.97. The molecule has 0 aliphatic rings. The first-order chi connectivity index (χ1) is 9.19. The maximum atomic E-state index is 10.1. The highest BCUT2D eigenvalue weighted by Gasteiger charge is 2.10. The highest BCUT2D eigenvalue weighted by atomic mass is 35.5. The Kier molecular flexibility index (Phi) is 7.92. The topological polar surface area (TPSA) is 29.5 Å². The van der Waals surface area contributed by atoms with Crippen LogP contribution in [0, 0.1) is 0 Å². The fourth-order valence-electron chi connectivity index (χ4n) is 2.17. The summed E-state index contributed by atoms with van der Waals surface area (Å²) in [6.45, 7) is 2.22. The van der Waals surface area contributed by atoms with Crippen molar-refractivity contribution in [2.24, 2.45) is 0 Å². The highest BCUT2D eigenvalue weighted by Crippen LogP contribution is 2.29. The Hall–Kier alpha value is -0.730. The van der Waals surface area contributed by atoms with Crippen LogP contribution in [-0.2, 0) is 0 Å². The van der Waals surface area contributed by atoms with Gasteiger partial charge in [0.15, 0.2) is 0 Å². The van der Waals surface area contributed by atoms with Gasteiger partial charge < -0.3 is 9.84 Å². The van der Waals surface area contributed by atoms with E-state index >= 15 is 0 Å². The number of halogens is 1. The molecular weight excluding hydrogens is 260 g/mol. The standard InChI is InChI=1S/C16H25ClO2/c1-3-4-5-6-7-8-9-15(18)13-10-11-14(17)16(12-13)19-2/h10-12,15,18H,3-9H2,1-2H3. The number of aliphatic hydroxyl groups excluding tert-OH is 1. The molecule has 0 fully saturated rings. The van der Waals surface area contributed by atoms with Crippen molar-refractivity contribution < 1.29 is 9.84 Å². The smallest absolute Gasteiger partial charge is 0.137 e. The van der Waals surface area contributed by atoms with E-state index in [0.29, 0.717) is 10.8 Å². The minimum absolute atomic E-state index is 0.419. The van der Waals surface area contributed by atoms with Crippen LogP contribution >= 0.6 is 11.6 Å². The van der Waals surface area contributed by atoms with Crippen LogP contribution < -0.4 is 4.74 Å². The summed E-state index contributed by atoms with van der Waals surface area (Å²) in [4.78, 5) is 0. The number of unbranched alkanes of at least 4 members (excludes halogenated alkanes) is 5. The van der Waals surface area contributed by atoms with Crippen molar-refractivity contribution in [1.29, 1.82) is 0 Å². The number of hydrogen-bond acceptors (Lipinski definition) is 2. The molecule has 0 saturated heterocycles. The molecule has 0 amide bonds. The van der Waals surface area contributed by atoms with E-state index in [1.54, 1.807) is 13.2 Å². The summed E-state index contributed by atoms with van der Waals surface area (Å²) in [6.07, 6.45) is 7.81. The van der Waals surface area contributed by atoms with Crippen molar-refractivity contribution in [2.45, 2.75) is 58.0 Å². The SMILES string of the molecule is CCCCCCCCC(O)c1ccc(Cl)c(OC)c1. The number of methoxy groups -OCH3 is 1. The summed E-state index contributed by atoms with van der Waals surface area (Å²) in [7, 11) is 1.59. The predicted molar refractivity (Wildman–Crippen MR) is 81.0 cm³/mol. The average Bonchev–Trinajstić information content (AvgIpc) is 2.43. The van der Waals surface area contributed by atoms with Crippen molar-refractivity contribution in [3.05, 3.63) is 28.8 Å². The molecule has 1 aromatic rings. The van der Waals surface area contributed by atoms with Crippen molar-refractivity contribution in [2.75, 3.05) is 7.11 Å². The molecule has 0 saturated carbocycles. The Morgan fingerprint density at radius 3 is 2.53 bits per heavy atom. The first-order valence-corrected chi connectivity index (χ1v) is 7.58. The summed E-state index contributed by atoms with van der Waals surface area (Å²) in [5, 5.41) is 10.7. The van der Waals surface area contributed by atoms with Gasteiger partial charge in [-0.05, 0) is 24.1 Å². The van der Waals surface area contributed by atoms with E-state index < -0.39 is 6.10 Å². The van der Waals surface area contributed by atoms with E-state index in [0.717, 1.165) is 18.4 Å². The van der Waals surface area contributed by atoms with Crippen LogP contribution in [0.3, 0.4) is 0 Å². The lowest BCUT2D eigenvalue weighted by molar-refractivity contribution is 0.163.